The number of hydrogen-bond acceptors (Lipinski definition) is 7. The first-order chi connectivity index (χ1) is 18.3. The van der Waals surface area contributed by atoms with Gasteiger partial charge in [0.05, 0.1) is 31.0 Å². The number of carbonyl (C=O) groups excluding carboxylic acids is 3. The lowest BCUT2D eigenvalue weighted by Crippen LogP contribution is -2.29. The quantitative estimate of drug-likeness (QED) is 0.300. The number of amides is 2. The molecule has 1 unspecified atom stereocenters. The third kappa shape index (κ3) is 4.43. The first-order valence-corrected chi connectivity index (χ1v) is 12.1. The zero-order valence-electron chi connectivity index (χ0n) is 21.2. The van der Waals surface area contributed by atoms with Crippen molar-refractivity contribution in [2.24, 2.45) is 0 Å². The summed E-state index contributed by atoms with van der Waals surface area (Å²) in [5.41, 5.74) is 2.78. The minimum absolute atomic E-state index is 0.0227. The Morgan fingerprint density at radius 3 is 2.42 bits per heavy atom. The number of benzene rings is 3. The molecule has 0 radical (unpaired) electrons. The number of likely N-dealkylation sites (N-methyl/N-ethyl adjacent to an activating group) is 1. The molecule has 2 heterocycles. The lowest BCUT2D eigenvalue weighted by molar-refractivity contribution is -0.132. The van der Waals surface area contributed by atoms with Gasteiger partial charge < -0.3 is 24.8 Å². The van der Waals surface area contributed by atoms with Gasteiger partial charge in [-0.3, -0.25) is 19.3 Å². The molecule has 194 valence electrons. The van der Waals surface area contributed by atoms with Crippen molar-refractivity contribution in [3.63, 3.8) is 0 Å². The molecule has 0 saturated carbocycles. The molecular weight excluding hydrogens is 486 g/mol. The largest absolute Gasteiger partial charge is 0.507 e. The van der Waals surface area contributed by atoms with Crippen LogP contribution in [0.3, 0.4) is 0 Å². The van der Waals surface area contributed by atoms with E-state index < -0.39 is 17.7 Å². The Morgan fingerprint density at radius 1 is 1.05 bits per heavy atom. The summed E-state index contributed by atoms with van der Waals surface area (Å²) in [5.74, 6) is -0.764. The van der Waals surface area contributed by atoms with Crippen LogP contribution in [-0.4, -0.2) is 50.0 Å². The van der Waals surface area contributed by atoms with E-state index in [1.165, 1.54) is 11.8 Å². The molecule has 3 aromatic rings. The van der Waals surface area contributed by atoms with E-state index in [-0.39, 0.29) is 17.2 Å². The van der Waals surface area contributed by atoms with E-state index in [1.54, 1.807) is 73.8 Å². The first-order valence-electron chi connectivity index (χ1n) is 12.1. The zero-order valence-corrected chi connectivity index (χ0v) is 21.2. The fraction of sp³-hybridized carbons (Fsp3) is 0.207. The Balaban J connectivity index is 1.64. The molecule has 0 aliphatic carbocycles. The molecule has 2 N–H and O–H groups in total. The van der Waals surface area contributed by atoms with Crippen molar-refractivity contribution in [1.82, 2.24) is 0 Å². The number of anilines is 3. The summed E-state index contributed by atoms with van der Waals surface area (Å²) >= 11 is 0. The molecule has 0 aromatic heterocycles. The highest BCUT2D eigenvalue weighted by Gasteiger charge is 2.47. The molecule has 2 amide bonds. The highest BCUT2D eigenvalue weighted by atomic mass is 16.5. The second-order valence-corrected chi connectivity index (χ2v) is 9.12. The Hall–Kier alpha value is -4.79. The lowest BCUT2D eigenvalue weighted by Gasteiger charge is -2.28. The van der Waals surface area contributed by atoms with Crippen LogP contribution in [0.2, 0.25) is 0 Å². The molecule has 9 nitrogen and oxygen atoms in total. The summed E-state index contributed by atoms with van der Waals surface area (Å²) in [6.07, 6.45) is 0. The number of nitrogens with zero attached hydrogens (tertiary/aromatic N) is 2. The number of methoxy groups -OCH3 is 1. The van der Waals surface area contributed by atoms with Gasteiger partial charge in [0.15, 0.2) is 0 Å². The number of ketones is 1. The number of fused-ring (bicyclic) bond motifs is 1. The molecule has 1 saturated heterocycles. The van der Waals surface area contributed by atoms with Crippen LogP contribution in [0.4, 0.5) is 17.1 Å². The molecular formula is C29H27N3O6. The van der Waals surface area contributed by atoms with E-state index in [1.807, 2.05) is 11.9 Å². The van der Waals surface area contributed by atoms with Crippen LogP contribution in [0.15, 0.2) is 72.3 Å². The molecule has 9 heteroatoms. The number of ether oxygens (including phenoxy) is 2. The van der Waals surface area contributed by atoms with Gasteiger partial charge in [-0.05, 0) is 60.2 Å². The molecule has 38 heavy (non-hydrogen) atoms. The maximum atomic E-state index is 13.5. The number of rotatable bonds is 5. The lowest BCUT2D eigenvalue weighted by atomic mass is 9.94. The van der Waals surface area contributed by atoms with E-state index in [2.05, 4.69) is 5.32 Å². The van der Waals surface area contributed by atoms with Gasteiger partial charge in [-0.2, -0.15) is 0 Å². The summed E-state index contributed by atoms with van der Waals surface area (Å²) in [6.45, 7) is 2.64. The molecule has 0 bridgehead atoms. The van der Waals surface area contributed by atoms with Crippen LogP contribution in [0, 0.1) is 0 Å². The molecule has 1 fully saturated rings. The molecule has 3 aromatic carbocycles. The molecule has 5 rings (SSSR count). The fourth-order valence-electron chi connectivity index (χ4n) is 4.76. The highest BCUT2D eigenvalue weighted by Crippen LogP contribution is 2.43. The topological polar surface area (TPSA) is 108 Å². The van der Waals surface area contributed by atoms with Crippen LogP contribution in [0.5, 0.6) is 11.5 Å². The Kier molecular flexibility index (Phi) is 6.50. The van der Waals surface area contributed by atoms with Crippen LogP contribution in [0.25, 0.3) is 5.76 Å². The molecule has 1 atom stereocenters. The van der Waals surface area contributed by atoms with Gasteiger partial charge in [-0.1, -0.05) is 12.1 Å². The highest BCUT2D eigenvalue weighted by molar-refractivity contribution is 6.51. The van der Waals surface area contributed by atoms with Gasteiger partial charge in [-0.25, -0.2) is 0 Å². The fourth-order valence-corrected chi connectivity index (χ4v) is 4.76. The summed E-state index contributed by atoms with van der Waals surface area (Å²) in [5, 5.41) is 14.2. The zero-order chi connectivity index (χ0) is 27.0. The van der Waals surface area contributed by atoms with E-state index in [4.69, 9.17) is 9.47 Å². The minimum atomic E-state index is -0.891. The van der Waals surface area contributed by atoms with Crippen molar-refractivity contribution in [2.45, 2.75) is 13.0 Å². The van der Waals surface area contributed by atoms with Crippen LogP contribution < -0.4 is 24.6 Å². The van der Waals surface area contributed by atoms with E-state index >= 15 is 0 Å². The van der Waals surface area contributed by atoms with Gasteiger partial charge in [0.1, 0.15) is 23.9 Å². The van der Waals surface area contributed by atoms with Crippen LogP contribution >= 0.6 is 0 Å². The van der Waals surface area contributed by atoms with E-state index in [9.17, 15) is 19.5 Å². The van der Waals surface area contributed by atoms with E-state index in [0.717, 1.165) is 5.69 Å². The van der Waals surface area contributed by atoms with E-state index in [0.29, 0.717) is 47.2 Å². The molecule has 2 aliphatic heterocycles. The number of aliphatic hydroxyl groups is 1. The maximum Gasteiger partial charge on any atom is 0.300 e. The molecule has 0 spiro atoms. The van der Waals surface area contributed by atoms with Gasteiger partial charge in [0.25, 0.3) is 11.7 Å². The Morgan fingerprint density at radius 2 is 1.76 bits per heavy atom. The maximum absolute atomic E-state index is 13.5. The van der Waals surface area contributed by atoms with Crippen molar-refractivity contribution in [3.05, 3.63) is 83.4 Å². The third-order valence-corrected chi connectivity index (χ3v) is 6.67. The predicted octanol–water partition coefficient (Wildman–Crippen LogP) is 4.11. The number of Topliss-reactive ketones (excluding diaryl/α,β-unsaturated/α-hetero) is 1. The van der Waals surface area contributed by atoms with Crippen molar-refractivity contribution >= 4 is 40.4 Å². The average Bonchev–Trinajstić information content (AvgIpc) is 3.18. The number of nitrogens with one attached hydrogen (secondary N) is 1. The van der Waals surface area contributed by atoms with Crippen molar-refractivity contribution in [2.75, 3.05) is 42.4 Å². The minimum Gasteiger partial charge on any atom is -0.507 e. The number of aliphatic hydroxyl groups excluding tert-OH is 1. The number of hydrogen-bond donors (Lipinski definition) is 2. The van der Waals surface area contributed by atoms with Gasteiger partial charge in [0, 0.05) is 30.9 Å². The SMILES string of the molecule is COc1ccc(C2/C(=C(/O)c3ccc4c(c3)N(C)CCO4)C(=O)C(=O)N2c2ccc(NC(C)=O)cc2)cc1. The van der Waals surface area contributed by atoms with Gasteiger partial charge >= 0.3 is 0 Å². The first kappa shape index (κ1) is 24.9. The average molecular weight is 514 g/mol. The summed E-state index contributed by atoms with van der Waals surface area (Å²) < 4.78 is 11.0. The Bertz CT molecular complexity index is 1450. The third-order valence-electron chi connectivity index (χ3n) is 6.67. The second kappa shape index (κ2) is 9.93. The van der Waals surface area contributed by atoms with Gasteiger partial charge in [0.2, 0.25) is 5.91 Å². The second-order valence-electron chi connectivity index (χ2n) is 9.12. The Labute approximate surface area is 219 Å². The van der Waals surface area contributed by atoms with Crippen molar-refractivity contribution in [3.8, 4) is 11.5 Å². The van der Waals surface area contributed by atoms with Crippen molar-refractivity contribution in [1.29, 1.82) is 0 Å². The monoisotopic (exact) mass is 513 g/mol. The van der Waals surface area contributed by atoms with Crippen LogP contribution in [-0.2, 0) is 14.4 Å². The van der Waals surface area contributed by atoms with Gasteiger partial charge in [-0.15, -0.1) is 0 Å². The van der Waals surface area contributed by atoms with Crippen molar-refractivity contribution < 1.29 is 29.0 Å². The van der Waals surface area contributed by atoms with Crippen LogP contribution in [0.1, 0.15) is 24.1 Å². The normalized spacial score (nSPS) is 18.1. The predicted molar refractivity (Wildman–Crippen MR) is 144 cm³/mol. The summed E-state index contributed by atoms with van der Waals surface area (Å²) in [4.78, 5) is 41.7. The standard InChI is InChI=1S/C29H27N3O6/c1-17(33)30-20-7-9-21(10-8-20)32-26(18-4-11-22(37-3)12-5-18)25(28(35)29(32)36)27(34)19-6-13-24-23(16-19)31(2)14-15-38-24/h4-13,16,26,34H,14-15H2,1-3H3,(H,30,33)/b27-25-. The number of carbonyl (C=O) groups is 3. The molecule has 2 aliphatic rings. The smallest absolute Gasteiger partial charge is 0.300 e. The summed E-state index contributed by atoms with van der Waals surface area (Å²) in [7, 11) is 3.47. The summed E-state index contributed by atoms with van der Waals surface area (Å²) in [6, 6.07) is 17.9.